The van der Waals surface area contributed by atoms with Crippen LogP contribution in [0.3, 0.4) is 0 Å². The topological polar surface area (TPSA) is 96.9 Å². The summed E-state index contributed by atoms with van der Waals surface area (Å²) in [5.74, 6) is 0.923. The Balaban J connectivity index is 1.36. The molecule has 2 saturated carbocycles. The molecule has 3 N–H and O–H groups in total. The van der Waals surface area contributed by atoms with Crippen molar-refractivity contribution in [3.8, 4) is 11.5 Å². The van der Waals surface area contributed by atoms with Gasteiger partial charge in [-0.2, -0.15) is 0 Å². The van der Waals surface area contributed by atoms with Crippen LogP contribution in [0.15, 0.2) is 18.2 Å². The number of carbonyl (C=O) groups is 2. The highest BCUT2D eigenvalue weighted by atomic mass is 16.6. The van der Waals surface area contributed by atoms with Crippen LogP contribution in [0.25, 0.3) is 0 Å². The maximum atomic E-state index is 12.5. The number of fused-ring (bicyclic) bond motifs is 1. The zero-order chi connectivity index (χ0) is 18.8. The second kappa shape index (κ2) is 7.66. The Morgan fingerprint density at radius 1 is 1.00 bits per heavy atom. The molecule has 2 aliphatic carbocycles. The second-order valence-corrected chi connectivity index (χ2v) is 7.72. The van der Waals surface area contributed by atoms with E-state index in [1.165, 1.54) is 0 Å². The number of rotatable bonds is 5. The quantitative estimate of drug-likeness (QED) is 0.736. The second-order valence-electron chi connectivity index (χ2n) is 7.72. The Morgan fingerprint density at radius 2 is 1.70 bits per heavy atom. The van der Waals surface area contributed by atoms with Gasteiger partial charge in [-0.3, -0.25) is 4.79 Å². The van der Waals surface area contributed by atoms with E-state index in [1.807, 2.05) is 18.2 Å². The number of ether oxygens (including phenoxy) is 2. The lowest BCUT2D eigenvalue weighted by atomic mass is 9.86. The zero-order valence-corrected chi connectivity index (χ0v) is 15.3. The Kier molecular flexibility index (Phi) is 5.09. The van der Waals surface area contributed by atoms with Crippen LogP contribution in [0.4, 0.5) is 4.79 Å². The highest BCUT2D eigenvalue weighted by molar-refractivity contribution is 5.75. The summed E-state index contributed by atoms with van der Waals surface area (Å²) in [6.07, 6.45) is 4.86. The number of aliphatic carboxylic acids is 1. The fraction of sp³-hybridized carbons (Fsp3) is 0.600. The van der Waals surface area contributed by atoms with E-state index in [9.17, 15) is 9.59 Å². The van der Waals surface area contributed by atoms with E-state index in [1.54, 1.807) is 0 Å². The lowest BCUT2D eigenvalue weighted by Gasteiger charge is -2.28. The number of carboxylic acid groups (broad SMARTS) is 1. The summed E-state index contributed by atoms with van der Waals surface area (Å²) in [5.41, 5.74) is 1.03. The van der Waals surface area contributed by atoms with Gasteiger partial charge >= 0.3 is 12.0 Å². The highest BCUT2D eigenvalue weighted by Crippen LogP contribution is 2.43. The largest absolute Gasteiger partial charge is 0.486 e. The summed E-state index contributed by atoms with van der Waals surface area (Å²) in [5, 5.41) is 15.2. The number of amides is 2. The minimum absolute atomic E-state index is 0.0423. The minimum atomic E-state index is -0.731. The van der Waals surface area contributed by atoms with Crippen molar-refractivity contribution in [3.05, 3.63) is 23.8 Å². The van der Waals surface area contributed by atoms with Crippen molar-refractivity contribution < 1.29 is 24.2 Å². The van der Waals surface area contributed by atoms with E-state index >= 15 is 0 Å². The maximum Gasteiger partial charge on any atom is 0.315 e. The molecule has 27 heavy (non-hydrogen) atoms. The van der Waals surface area contributed by atoms with Crippen molar-refractivity contribution in [1.82, 2.24) is 10.6 Å². The molecule has 1 heterocycles. The van der Waals surface area contributed by atoms with Gasteiger partial charge in [-0.25, -0.2) is 4.79 Å². The van der Waals surface area contributed by atoms with Gasteiger partial charge in [-0.15, -0.1) is 0 Å². The number of urea groups is 1. The van der Waals surface area contributed by atoms with E-state index in [-0.39, 0.29) is 24.0 Å². The molecular formula is C20H26N2O5. The van der Waals surface area contributed by atoms with Gasteiger partial charge < -0.3 is 25.2 Å². The molecule has 1 aromatic rings. The standard InChI is InChI=1S/C20H26N2O5/c23-19(24)13-3-6-15(7-4-13)21-20(25)22-18(12-1-2-12)14-5-8-16-17(11-14)27-10-9-26-16/h5,8,11-13,15,18H,1-4,6-7,9-10H2,(H,23,24)(H2,21,22,25). The van der Waals surface area contributed by atoms with E-state index in [0.717, 1.165) is 29.9 Å². The van der Waals surface area contributed by atoms with Crippen LogP contribution >= 0.6 is 0 Å². The number of benzene rings is 1. The van der Waals surface area contributed by atoms with Gasteiger partial charge in [0.05, 0.1) is 12.0 Å². The number of carboxylic acids is 1. The molecule has 1 aliphatic heterocycles. The Bertz CT molecular complexity index is 710. The number of nitrogens with one attached hydrogen (secondary N) is 2. The molecule has 1 unspecified atom stereocenters. The third-order valence-corrected chi connectivity index (χ3v) is 5.72. The minimum Gasteiger partial charge on any atom is -0.486 e. The SMILES string of the molecule is O=C(NC1CCC(C(=O)O)CC1)NC(c1ccc2c(c1)OCCO2)C1CC1. The van der Waals surface area contributed by atoms with Gasteiger partial charge in [-0.1, -0.05) is 6.07 Å². The molecule has 1 aromatic carbocycles. The van der Waals surface area contributed by atoms with Crippen LogP contribution in [-0.4, -0.2) is 36.4 Å². The van der Waals surface area contributed by atoms with Gasteiger partial charge in [0.25, 0.3) is 0 Å². The molecule has 2 fully saturated rings. The number of hydrogen-bond donors (Lipinski definition) is 3. The van der Waals surface area contributed by atoms with E-state index in [2.05, 4.69) is 10.6 Å². The monoisotopic (exact) mass is 374 g/mol. The first-order valence-corrected chi connectivity index (χ1v) is 9.79. The van der Waals surface area contributed by atoms with Gasteiger partial charge in [0.15, 0.2) is 11.5 Å². The molecule has 3 aliphatic rings. The molecule has 7 heteroatoms. The third-order valence-electron chi connectivity index (χ3n) is 5.72. The van der Waals surface area contributed by atoms with Crippen molar-refractivity contribution in [2.24, 2.45) is 11.8 Å². The van der Waals surface area contributed by atoms with Crippen LogP contribution in [0.2, 0.25) is 0 Å². The predicted octanol–water partition coefficient (Wildman–Crippen LogP) is 2.85. The third kappa shape index (κ3) is 4.28. The van der Waals surface area contributed by atoms with Crippen molar-refractivity contribution >= 4 is 12.0 Å². The summed E-state index contributed by atoms with van der Waals surface area (Å²) >= 11 is 0. The molecule has 2 amide bonds. The summed E-state index contributed by atoms with van der Waals surface area (Å²) in [4.78, 5) is 23.6. The molecular weight excluding hydrogens is 348 g/mol. The normalized spacial score (nSPS) is 25.3. The average Bonchev–Trinajstić information content (AvgIpc) is 3.51. The first-order chi connectivity index (χ1) is 13.1. The van der Waals surface area contributed by atoms with Crippen LogP contribution in [0.5, 0.6) is 11.5 Å². The van der Waals surface area contributed by atoms with Gasteiger partial charge in [0.1, 0.15) is 13.2 Å². The van der Waals surface area contributed by atoms with Crippen molar-refractivity contribution in [1.29, 1.82) is 0 Å². The fourth-order valence-electron chi connectivity index (χ4n) is 4.01. The van der Waals surface area contributed by atoms with E-state index in [0.29, 0.717) is 44.8 Å². The summed E-state index contributed by atoms with van der Waals surface area (Å²) < 4.78 is 11.2. The van der Waals surface area contributed by atoms with Crippen LogP contribution in [0, 0.1) is 11.8 Å². The molecule has 0 radical (unpaired) electrons. The van der Waals surface area contributed by atoms with Crippen molar-refractivity contribution in [2.45, 2.75) is 50.6 Å². The average molecular weight is 374 g/mol. The Labute approximate surface area is 158 Å². The van der Waals surface area contributed by atoms with E-state index < -0.39 is 5.97 Å². The first kappa shape index (κ1) is 17.9. The molecule has 0 aromatic heterocycles. The van der Waals surface area contributed by atoms with Gasteiger partial charge in [-0.05, 0) is 62.1 Å². The zero-order valence-electron chi connectivity index (χ0n) is 15.3. The van der Waals surface area contributed by atoms with Crippen LogP contribution in [-0.2, 0) is 4.79 Å². The lowest BCUT2D eigenvalue weighted by molar-refractivity contribution is -0.142. The number of carbonyl (C=O) groups excluding carboxylic acids is 1. The van der Waals surface area contributed by atoms with Crippen molar-refractivity contribution in [2.75, 3.05) is 13.2 Å². The fourth-order valence-corrected chi connectivity index (χ4v) is 4.01. The summed E-state index contributed by atoms with van der Waals surface area (Å²) in [7, 11) is 0. The molecule has 4 rings (SSSR count). The summed E-state index contributed by atoms with van der Waals surface area (Å²) in [6, 6.07) is 5.69. The maximum absolute atomic E-state index is 12.5. The smallest absolute Gasteiger partial charge is 0.315 e. The van der Waals surface area contributed by atoms with Crippen LogP contribution in [0.1, 0.15) is 50.1 Å². The predicted molar refractivity (Wildman–Crippen MR) is 97.9 cm³/mol. The molecule has 0 saturated heterocycles. The van der Waals surface area contributed by atoms with E-state index in [4.69, 9.17) is 14.6 Å². The lowest BCUT2D eigenvalue weighted by Crippen LogP contribution is -2.45. The number of hydrogen-bond acceptors (Lipinski definition) is 4. The Hall–Kier alpha value is -2.44. The molecule has 0 spiro atoms. The molecule has 146 valence electrons. The van der Waals surface area contributed by atoms with Crippen molar-refractivity contribution in [3.63, 3.8) is 0 Å². The first-order valence-electron chi connectivity index (χ1n) is 9.79. The van der Waals surface area contributed by atoms with Gasteiger partial charge in [0, 0.05) is 6.04 Å². The highest BCUT2D eigenvalue weighted by Gasteiger charge is 2.35. The van der Waals surface area contributed by atoms with Gasteiger partial charge in [0.2, 0.25) is 0 Å². The van der Waals surface area contributed by atoms with Crippen LogP contribution < -0.4 is 20.1 Å². The summed E-state index contributed by atoms with van der Waals surface area (Å²) in [6.45, 7) is 1.10. The molecule has 1 atom stereocenters. The molecule has 7 nitrogen and oxygen atoms in total. The Morgan fingerprint density at radius 3 is 2.37 bits per heavy atom. The molecule has 0 bridgehead atoms.